The molecule has 0 atom stereocenters. The van der Waals surface area contributed by atoms with Crippen LogP contribution in [0.1, 0.15) is 23.4 Å². The number of nitrogens with one attached hydrogen (secondary N) is 1. The Labute approximate surface area is 124 Å². The molecule has 0 saturated heterocycles. The van der Waals surface area contributed by atoms with Crippen LogP contribution < -0.4 is 10.1 Å². The van der Waals surface area contributed by atoms with E-state index in [0.29, 0.717) is 12.8 Å². The van der Waals surface area contributed by atoms with Gasteiger partial charge in [-0.3, -0.25) is 9.48 Å². The first-order chi connectivity index (χ1) is 10.0. The third-order valence-electron chi connectivity index (χ3n) is 3.61. The van der Waals surface area contributed by atoms with Crippen molar-refractivity contribution in [2.24, 2.45) is 7.05 Å². The molecule has 1 N–H and O–H groups in total. The quantitative estimate of drug-likeness (QED) is 0.919. The minimum absolute atomic E-state index is 0.00842. The maximum Gasteiger partial charge on any atom is 0.224 e. The Balaban J connectivity index is 1.96. The van der Waals surface area contributed by atoms with Gasteiger partial charge in [0.15, 0.2) is 0 Å². The second-order valence-corrected chi connectivity index (χ2v) is 5.05. The summed E-state index contributed by atoms with van der Waals surface area (Å²) in [5.41, 5.74) is 4.00. The lowest BCUT2D eigenvalue weighted by atomic mass is 10.1. The molecule has 2 aromatic rings. The average molecular weight is 287 g/mol. The average Bonchev–Trinajstić information content (AvgIpc) is 2.70. The van der Waals surface area contributed by atoms with Gasteiger partial charge >= 0.3 is 0 Å². The van der Waals surface area contributed by atoms with E-state index in [4.69, 9.17) is 4.74 Å². The topological polar surface area (TPSA) is 56.1 Å². The molecule has 0 aliphatic carbocycles. The van der Waals surface area contributed by atoms with Gasteiger partial charge in [-0.1, -0.05) is 6.07 Å². The van der Waals surface area contributed by atoms with Crippen LogP contribution in [-0.2, 0) is 18.3 Å². The zero-order valence-corrected chi connectivity index (χ0v) is 12.9. The van der Waals surface area contributed by atoms with Gasteiger partial charge < -0.3 is 10.1 Å². The van der Waals surface area contributed by atoms with E-state index in [2.05, 4.69) is 10.4 Å². The molecule has 1 aromatic carbocycles. The normalized spacial score (nSPS) is 10.5. The van der Waals surface area contributed by atoms with Gasteiger partial charge in [0.25, 0.3) is 0 Å². The van der Waals surface area contributed by atoms with Gasteiger partial charge in [0.05, 0.1) is 12.8 Å². The van der Waals surface area contributed by atoms with Gasteiger partial charge in [-0.2, -0.15) is 5.10 Å². The highest BCUT2D eigenvalue weighted by molar-refractivity contribution is 5.91. The predicted octanol–water partition coefficient (Wildman–Crippen LogP) is 2.62. The smallest absolute Gasteiger partial charge is 0.224 e. The minimum Gasteiger partial charge on any atom is -0.497 e. The molecule has 0 radical (unpaired) electrons. The molecule has 0 saturated carbocycles. The van der Waals surface area contributed by atoms with Crippen molar-refractivity contribution in [1.29, 1.82) is 0 Å². The Morgan fingerprint density at radius 1 is 1.38 bits per heavy atom. The highest BCUT2D eigenvalue weighted by Gasteiger charge is 2.11. The van der Waals surface area contributed by atoms with E-state index in [1.54, 1.807) is 13.2 Å². The standard InChI is InChI=1S/C16H21N3O2/c1-11-15(12(2)19(3)18-11)8-9-16(20)17-13-6-5-7-14(10-13)21-4/h5-7,10H,8-9H2,1-4H3,(H,17,20). The van der Waals surface area contributed by atoms with Crippen molar-refractivity contribution in [2.45, 2.75) is 26.7 Å². The van der Waals surface area contributed by atoms with Gasteiger partial charge in [0.2, 0.25) is 5.91 Å². The highest BCUT2D eigenvalue weighted by Crippen LogP contribution is 2.18. The Kier molecular flexibility index (Phi) is 4.62. The number of amides is 1. The summed E-state index contributed by atoms with van der Waals surface area (Å²) in [6.45, 7) is 4.00. The van der Waals surface area contributed by atoms with E-state index in [1.807, 2.05) is 43.8 Å². The molecule has 1 amide bonds. The third kappa shape index (κ3) is 3.62. The molecule has 2 rings (SSSR count). The van der Waals surface area contributed by atoms with Crippen LogP contribution in [0.3, 0.4) is 0 Å². The number of benzene rings is 1. The third-order valence-corrected chi connectivity index (χ3v) is 3.61. The molecule has 0 bridgehead atoms. The van der Waals surface area contributed by atoms with Crippen molar-refractivity contribution in [2.75, 3.05) is 12.4 Å². The summed E-state index contributed by atoms with van der Waals surface area (Å²) < 4.78 is 6.99. The van der Waals surface area contributed by atoms with Crippen molar-refractivity contribution in [3.8, 4) is 5.75 Å². The number of carbonyl (C=O) groups excluding carboxylic acids is 1. The van der Waals surface area contributed by atoms with Crippen LogP contribution in [0.5, 0.6) is 5.75 Å². The fourth-order valence-electron chi connectivity index (χ4n) is 2.34. The second kappa shape index (κ2) is 6.43. The van der Waals surface area contributed by atoms with E-state index < -0.39 is 0 Å². The van der Waals surface area contributed by atoms with Crippen molar-refractivity contribution in [3.63, 3.8) is 0 Å². The molecule has 0 fully saturated rings. The van der Waals surface area contributed by atoms with Crippen LogP contribution in [0.25, 0.3) is 0 Å². The molecule has 1 heterocycles. The first-order valence-corrected chi connectivity index (χ1v) is 6.94. The molecule has 5 nitrogen and oxygen atoms in total. The lowest BCUT2D eigenvalue weighted by Gasteiger charge is -2.07. The fraction of sp³-hybridized carbons (Fsp3) is 0.375. The summed E-state index contributed by atoms with van der Waals surface area (Å²) >= 11 is 0. The summed E-state index contributed by atoms with van der Waals surface area (Å²) in [7, 11) is 3.52. The summed E-state index contributed by atoms with van der Waals surface area (Å²) in [5.74, 6) is 0.720. The molecule has 0 aliphatic heterocycles. The zero-order valence-electron chi connectivity index (χ0n) is 12.9. The molecular weight excluding hydrogens is 266 g/mol. The summed E-state index contributed by atoms with van der Waals surface area (Å²) in [4.78, 5) is 12.0. The van der Waals surface area contributed by atoms with Crippen LogP contribution >= 0.6 is 0 Å². The number of rotatable bonds is 5. The van der Waals surface area contributed by atoms with E-state index in [9.17, 15) is 4.79 Å². The number of nitrogens with zero attached hydrogens (tertiary/aromatic N) is 2. The number of methoxy groups -OCH3 is 1. The summed E-state index contributed by atoms with van der Waals surface area (Å²) in [6, 6.07) is 7.35. The van der Waals surface area contributed by atoms with Crippen LogP contribution in [0, 0.1) is 13.8 Å². The van der Waals surface area contributed by atoms with Crippen molar-refractivity contribution < 1.29 is 9.53 Å². The SMILES string of the molecule is COc1cccc(NC(=O)CCc2c(C)nn(C)c2C)c1. The van der Waals surface area contributed by atoms with Gasteiger partial charge in [0.1, 0.15) is 5.75 Å². The van der Waals surface area contributed by atoms with Gasteiger partial charge in [-0.05, 0) is 38.0 Å². The summed E-state index contributed by atoms with van der Waals surface area (Å²) in [6.07, 6.45) is 1.13. The number of carbonyl (C=O) groups is 1. The zero-order chi connectivity index (χ0) is 15.4. The van der Waals surface area contributed by atoms with E-state index in [0.717, 1.165) is 28.4 Å². The molecule has 0 spiro atoms. The Morgan fingerprint density at radius 2 is 2.14 bits per heavy atom. The lowest BCUT2D eigenvalue weighted by molar-refractivity contribution is -0.116. The van der Waals surface area contributed by atoms with E-state index in [1.165, 1.54) is 0 Å². The van der Waals surface area contributed by atoms with Gasteiger partial charge in [-0.25, -0.2) is 0 Å². The molecular formula is C16H21N3O2. The first-order valence-electron chi connectivity index (χ1n) is 6.94. The number of hydrogen-bond acceptors (Lipinski definition) is 3. The molecule has 0 aliphatic rings. The number of anilines is 1. The highest BCUT2D eigenvalue weighted by atomic mass is 16.5. The van der Waals surface area contributed by atoms with Gasteiger partial charge in [-0.15, -0.1) is 0 Å². The Bertz CT molecular complexity index is 647. The van der Waals surface area contributed by atoms with Gasteiger partial charge in [0, 0.05) is 30.9 Å². The van der Waals surface area contributed by atoms with Crippen LogP contribution in [-0.4, -0.2) is 22.8 Å². The Hall–Kier alpha value is -2.30. The molecule has 21 heavy (non-hydrogen) atoms. The fourth-order valence-corrected chi connectivity index (χ4v) is 2.34. The minimum atomic E-state index is -0.00842. The van der Waals surface area contributed by atoms with E-state index in [-0.39, 0.29) is 5.91 Å². The number of aryl methyl sites for hydroxylation is 2. The van der Waals surface area contributed by atoms with Crippen molar-refractivity contribution in [3.05, 3.63) is 41.2 Å². The number of aromatic nitrogens is 2. The maximum absolute atomic E-state index is 12.0. The van der Waals surface area contributed by atoms with Crippen LogP contribution in [0.15, 0.2) is 24.3 Å². The molecule has 112 valence electrons. The lowest BCUT2D eigenvalue weighted by Crippen LogP contribution is -2.12. The Morgan fingerprint density at radius 3 is 2.76 bits per heavy atom. The largest absolute Gasteiger partial charge is 0.497 e. The van der Waals surface area contributed by atoms with Crippen molar-refractivity contribution in [1.82, 2.24) is 9.78 Å². The second-order valence-electron chi connectivity index (χ2n) is 5.05. The first kappa shape index (κ1) is 15.1. The van der Waals surface area contributed by atoms with Crippen LogP contribution in [0.4, 0.5) is 5.69 Å². The van der Waals surface area contributed by atoms with Crippen molar-refractivity contribution >= 4 is 11.6 Å². The van der Waals surface area contributed by atoms with E-state index >= 15 is 0 Å². The van der Waals surface area contributed by atoms with Crippen LogP contribution in [0.2, 0.25) is 0 Å². The molecule has 1 aromatic heterocycles. The maximum atomic E-state index is 12.0. The predicted molar refractivity (Wildman–Crippen MR) is 82.6 cm³/mol. The molecule has 5 heteroatoms. The molecule has 0 unspecified atom stereocenters. The summed E-state index contributed by atoms with van der Waals surface area (Å²) in [5, 5.41) is 7.25. The number of ether oxygens (including phenoxy) is 1. The number of hydrogen-bond donors (Lipinski definition) is 1. The monoisotopic (exact) mass is 287 g/mol.